The van der Waals surface area contributed by atoms with E-state index >= 15 is 0 Å². The zero-order valence-corrected chi connectivity index (χ0v) is 11.1. The lowest BCUT2D eigenvalue weighted by atomic mass is 10.1. The normalized spacial score (nSPS) is 32.5. The molecular formula is C11H24N2OS. The van der Waals surface area contributed by atoms with E-state index in [4.69, 9.17) is 0 Å². The summed E-state index contributed by atoms with van der Waals surface area (Å²) in [6.07, 6.45) is 2.83. The molecule has 1 N–H and O–H groups in total. The highest BCUT2D eigenvalue weighted by Crippen LogP contribution is 2.13. The molecule has 0 radical (unpaired) electrons. The van der Waals surface area contributed by atoms with E-state index in [1.807, 2.05) is 0 Å². The van der Waals surface area contributed by atoms with Crippen molar-refractivity contribution in [3.05, 3.63) is 0 Å². The van der Waals surface area contributed by atoms with Gasteiger partial charge in [-0.3, -0.25) is 9.11 Å². The minimum Gasteiger partial charge on any atom is -0.311 e. The Kier molecular flexibility index (Phi) is 5.23. The van der Waals surface area contributed by atoms with Gasteiger partial charge in [0.1, 0.15) is 0 Å². The molecule has 0 aromatic heterocycles. The molecule has 4 atom stereocenters. The van der Waals surface area contributed by atoms with Crippen LogP contribution in [0.15, 0.2) is 0 Å². The Morgan fingerprint density at radius 2 is 2.20 bits per heavy atom. The smallest absolute Gasteiger partial charge is 0.0246 e. The molecule has 0 bridgehead atoms. The highest BCUT2D eigenvalue weighted by atomic mass is 32.2. The summed E-state index contributed by atoms with van der Waals surface area (Å²) in [4.78, 5) is 2.54. The summed E-state index contributed by atoms with van der Waals surface area (Å²) in [5, 5.41) is 3.48. The SMILES string of the molecule is CC1CN(C(C)CCS(C)=O)C(C)CN1. The molecule has 0 aromatic rings. The molecule has 1 saturated heterocycles. The molecule has 4 heteroatoms. The molecule has 4 unspecified atom stereocenters. The molecule has 1 rings (SSSR count). The van der Waals surface area contributed by atoms with Crippen LogP contribution >= 0.6 is 0 Å². The van der Waals surface area contributed by atoms with E-state index in [2.05, 4.69) is 31.0 Å². The molecule has 15 heavy (non-hydrogen) atoms. The van der Waals surface area contributed by atoms with Gasteiger partial charge in [0.25, 0.3) is 0 Å². The molecule has 1 aliphatic heterocycles. The van der Waals surface area contributed by atoms with Crippen LogP contribution in [0.3, 0.4) is 0 Å². The van der Waals surface area contributed by atoms with Gasteiger partial charge < -0.3 is 5.32 Å². The third-order valence-electron chi connectivity index (χ3n) is 3.20. The van der Waals surface area contributed by atoms with E-state index in [0.29, 0.717) is 18.1 Å². The van der Waals surface area contributed by atoms with E-state index in [0.717, 1.165) is 25.3 Å². The second-order valence-electron chi connectivity index (χ2n) is 4.77. The molecule has 1 aliphatic rings. The average molecular weight is 232 g/mol. The fraction of sp³-hybridized carbons (Fsp3) is 1.00. The Labute approximate surface area is 96.1 Å². The highest BCUT2D eigenvalue weighted by molar-refractivity contribution is 7.84. The third-order valence-corrected chi connectivity index (χ3v) is 4.01. The fourth-order valence-corrected chi connectivity index (χ4v) is 2.84. The lowest BCUT2D eigenvalue weighted by Gasteiger charge is -2.41. The third kappa shape index (κ3) is 4.21. The van der Waals surface area contributed by atoms with Crippen LogP contribution < -0.4 is 5.32 Å². The van der Waals surface area contributed by atoms with Crippen LogP contribution in [0, 0.1) is 0 Å². The maximum Gasteiger partial charge on any atom is 0.0246 e. The zero-order chi connectivity index (χ0) is 11.4. The van der Waals surface area contributed by atoms with E-state index in [9.17, 15) is 4.21 Å². The van der Waals surface area contributed by atoms with E-state index < -0.39 is 10.8 Å². The average Bonchev–Trinajstić information content (AvgIpc) is 2.18. The van der Waals surface area contributed by atoms with Gasteiger partial charge in [-0.2, -0.15) is 0 Å². The summed E-state index contributed by atoms with van der Waals surface area (Å²) in [7, 11) is -0.653. The van der Waals surface area contributed by atoms with Gasteiger partial charge in [0.2, 0.25) is 0 Å². The number of nitrogens with zero attached hydrogens (tertiary/aromatic N) is 1. The standard InChI is InChI=1S/C11H24N2OS/c1-9-8-13(11(3)7-12-9)10(2)5-6-15(4)14/h9-12H,5-8H2,1-4H3. The first-order valence-electron chi connectivity index (χ1n) is 5.80. The molecule has 0 saturated carbocycles. The highest BCUT2D eigenvalue weighted by Gasteiger charge is 2.25. The van der Waals surface area contributed by atoms with Crippen LogP contribution in [0.2, 0.25) is 0 Å². The number of hydrogen-bond donors (Lipinski definition) is 1. The minimum atomic E-state index is -0.653. The number of piperazine rings is 1. The molecule has 0 spiro atoms. The first-order chi connectivity index (χ1) is 7.00. The van der Waals surface area contributed by atoms with Gasteiger partial charge in [-0.1, -0.05) is 0 Å². The Bertz CT molecular complexity index is 223. The lowest BCUT2D eigenvalue weighted by Crippen LogP contribution is -2.57. The summed E-state index contributed by atoms with van der Waals surface area (Å²) >= 11 is 0. The Morgan fingerprint density at radius 3 is 2.80 bits per heavy atom. The summed E-state index contributed by atoms with van der Waals surface area (Å²) in [6.45, 7) is 8.92. The number of hydrogen-bond acceptors (Lipinski definition) is 3. The summed E-state index contributed by atoms with van der Waals surface area (Å²) in [5.74, 6) is 0.826. The molecule has 0 aromatic carbocycles. The van der Waals surface area contributed by atoms with Crippen molar-refractivity contribution in [3.8, 4) is 0 Å². The first kappa shape index (κ1) is 13.1. The van der Waals surface area contributed by atoms with Crippen molar-refractivity contribution in [1.82, 2.24) is 10.2 Å². The second kappa shape index (κ2) is 5.97. The van der Waals surface area contributed by atoms with E-state index in [-0.39, 0.29) is 0 Å². The molecule has 90 valence electrons. The fourth-order valence-electron chi connectivity index (χ4n) is 2.17. The van der Waals surface area contributed by atoms with E-state index in [1.165, 1.54) is 0 Å². The van der Waals surface area contributed by atoms with Crippen molar-refractivity contribution >= 4 is 10.8 Å². The topological polar surface area (TPSA) is 32.3 Å². The van der Waals surface area contributed by atoms with Crippen molar-refractivity contribution in [2.75, 3.05) is 25.1 Å². The van der Waals surface area contributed by atoms with Crippen LogP contribution in [0.5, 0.6) is 0 Å². The minimum absolute atomic E-state index is 0.549. The van der Waals surface area contributed by atoms with E-state index in [1.54, 1.807) is 6.26 Å². The maximum atomic E-state index is 11.1. The van der Waals surface area contributed by atoms with Crippen molar-refractivity contribution in [2.45, 2.75) is 45.3 Å². The Balaban J connectivity index is 2.41. The molecule has 0 aliphatic carbocycles. The van der Waals surface area contributed by atoms with Crippen LogP contribution in [0.4, 0.5) is 0 Å². The summed E-state index contributed by atoms with van der Waals surface area (Å²) in [5.41, 5.74) is 0. The van der Waals surface area contributed by atoms with Gasteiger partial charge in [-0.25, -0.2) is 0 Å². The van der Waals surface area contributed by atoms with Gasteiger partial charge in [0.15, 0.2) is 0 Å². The zero-order valence-electron chi connectivity index (χ0n) is 10.3. The largest absolute Gasteiger partial charge is 0.311 e. The van der Waals surface area contributed by atoms with Crippen LogP contribution in [0.25, 0.3) is 0 Å². The van der Waals surface area contributed by atoms with Crippen molar-refractivity contribution in [1.29, 1.82) is 0 Å². The first-order valence-corrected chi connectivity index (χ1v) is 7.52. The van der Waals surface area contributed by atoms with Gasteiger partial charge in [-0.15, -0.1) is 0 Å². The predicted molar refractivity (Wildman–Crippen MR) is 66.6 cm³/mol. The van der Waals surface area contributed by atoms with Crippen LogP contribution in [-0.2, 0) is 10.8 Å². The Hall–Kier alpha value is 0.0700. The Morgan fingerprint density at radius 1 is 1.53 bits per heavy atom. The molecule has 1 fully saturated rings. The quantitative estimate of drug-likeness (QED) is 0.779. The molecule has 0 amide bonds. The molecule has 3 nitrogen and oxygen atoms in total. The van der Waals surface area contributed by atoms with Gasteiger partial charge in [-0.05, 0) is 27.2 Å². The number of nitrogens with one attached hydrogen (secondary N) is 1. The number of rotatable bonds is 4. The lowest BCUT2D eigenvalue weighted by molar-refractivity contribution is 0.102. The van der Waals surface area contributed by atoms with Crippen LogP contribution in [0.1, 0.15) is 27.2 Å². The maximum absolute atomic E-state index is 11.1. The van der Waals surface area contributed by atoms with Crippen molar-refractivity contribution in [3.63, 3.8) is 0 Å². The van der Waals surface area contributed by atoms with Gasteiger partial charge in [0, 0.05) is 54.0 Å². The second-order valence-corrected chi connectivity index (χ2v) is 6.32. The van der Waals surface area contributed by atoms with Crippen molar-refractivity contribution < 1.29 is 4.21 Å². The summed E-state index contributed by atoms with van der Waals surface area (Å²) in [6, 6.07) is 1.73. The predicted octanol–water partition coefficient (Wildman–Crippen LogP) is 0.826. The molecule has 1 heterocycles. The van der Waals surface area contributed by atoms with Gasteiger partial charge in [0.05, 0.1) is 0 Å². The van der Waals surface area contributed by atoms with Crippen LogP contribution in [-0.4, -0.2) is 52.3 Å². The monoisotopic (exact) mass is 232 g/mol. The molecular weight excluding hydrogens is 208 g/mol. The summed E-state index contributed by atoms with van der Waals surface area (Å²) < 4.78 is 11.1. The van der Waals surface area contributed by atoms with Gasteiger partial charge >= 0.3 is 0 Å². The van der Waals surface area contributed by atoms with Crippen molar-refractivity contribution in [2.24, 2.45) is 0 Å².